The Bertz CT molecular complexity index is 1940. The van der Waals surface area contributed by atoms with Gasteiger partial charge < -0.3 is 14.6 Å². The van der Waals surface area contributed by atoms with Crippen LogP contribution in [0.2, 0.25) is 0 Å². The minimum atomic E-state index is -0.978. The lowest BCUT2D eigenvalue weighted by molar-refractivity contribution is -0.132. The topological polar surface area (TPSA) is 106 Å². The summed E-state index contributed by atoms with van der Waals surface area (Å²) in [6, 6.07) is 13.9. The summed E-state index contributed by atoms with van der Waals surface area (Å²) in [4.78, 5) is 38.5. The minimum Gasteiger partial charge on any atom is -0.505 e. The highest BCUT2D eigenvalue weighted by Gasteiger charge is 2.49. The number of ketones is 1. The lowest BCUT2D eigenvalue weighted by Crippen LogP contribution is -2.29. The zero-order valence-corrected chi connectivity index (χ0v) is 25.5. The number of unbranched alkanes of at least 4 members (excludes halogenated alkanes) is 1. The number of amides is 1. The first kappa shape index (κ1) is 28.4. The number of anilines is 1. The van der Waals surface area contributed by atoms with Crippen LogP contribution in [0.4, 0.5) is 5.13 Å². The number of rotatable bonds is 8. The molecule has 0 saturated carbocycles. The number of pyridine rings is 1. The maximum atomic E-state index is 13.9. The number of ether oxygens (including phenoxy) is 2. The Kier molecular flexibility index (Phi) is 7.39. The zero-order chi connectivity index (χ0) is 30.4. The zero-order valence-electron chi connectivity index (χ0n) is 24.7. The number of methoxy groups -OCH3 is 1. The van der Waals surface area contributed by atoms with E-state index in [2.05, 4.69) is 11.9 Å². The molecule has 2 aromatic carbocycles. The lowest BCUT2D eigenvalue weighted by Gasteiger charge is -2.24. The number of benzene rings is 2. The number of hydrogen-bond acceptors (Lipinski definition) is 8. The Morgan fingerprint density at radius 3 is 2.63 bits per heavy atom. The SMILES string of the molecule is CCCCOc1ccc(C2/C(=C(\O)c3c(C)nc4ccccn34)C(=O)C(=O)N2c2nc3c(C)cc(C)cc3s2)cc1OC. The van der Waals surface area contributed by atoms with Gasteiger partial charge in [0, 0.05) is 6.20 Å². The second-order valence-electron chi connectivity index (χ2n) is 10.7. The molecule has 5 aromatic rings. The Labute approximate surface area is 253 Å². The van der Waals surface area contributed by atoms with E-state index < -0.39 is 17.7 Å². The number of imidazole rings is 1. The van der Waals surface area contributed by atoms with Crippen molar-refractivity contribution in [3.05, 3.63) is 88.4 Å². The first-order valence-electron chi connectivity index (χ1n) is 14.2. The average Bonchev–Trinajstić information content (AvgIpc) is 3.64. The summed E-state index contributed by atoms with van der Waals surface area (Å²) in [5.74, 6) is -0.866. The van der Waals surface area contributed by atoms with E-state index in [1.807, 2.05) is 44.2 Å². The highest BCUT2D eigenvalue weighted by atomic mass is 32.1. The van der Waals surface area contributed by atoms with E-state index in [0.717, 1.165) is 34.2 Å². The van der Waals surface area contributed by atoms with Gasteiger partial charge in [0.25, 0.3) is 5.78 Å². The number of aryl methyl sites for hydroxylation is 3. The van der Waals surface area contributed by atoms with E-state index in [9.17, 15) is 14.7 Å². The number of Topliss-reactive ketones (excluding diaryl/α,β-unsaturated/α-hetero) is 1. The third kappa shape index (κ3) is 4.81. The van der Waals surface area contributed by atoms with Gasteiger partial charge in [-0.05, 0) is 74.2 Å². The van der Waals surface area contributed by atoms with Crippen LogP contribution in [-0.2, 0) is 9.59 Å². The van der Waals surface area contributed by atoms with E-state index in [-0.39, 0.29) is 11.3 Å². The van der Waals surface area contributed by atoms with E-state index in [1.165, 1.54) is 16.2 Å². The fourth-order valence-corrected chi connectivity index (χ4v) is 6.80. The van der Waals surface area contributed by atoms with E-state index in [4.69, 9.17) is 14.5 Å². The number of hydrogen-bond donors (Lipinski definition) is 1. The van der Waals surface area contributed by atoms with Gasteiger partial charge in [-0.2, -0.15) is 0 Å². The molecule has 1 saturated heterocycles. The molecule has 6 rings (SSSR count). The molecule has 9 nitrogen and oxygen atoms in total. The van der Waals surface area contributed by atoms with Crippen molar-refractivity contribution >= 4 is 49.8 Å². The number of nitrogens with zero attached hydrogens (tertiary/aromatic N) is 4. The molecule has 1 unspecified atom stereocenters. The fourth-order valence-electron chi connectivity index (χ4n) is 5.63. The van der Waals surface area contributed by atoms with E-state index in [0.29, 0.717) is 45.8 Å². The summed E-state index contributed by atoms with van der Waals surface area (Å²) in [6.07, 6.45) is 3.64. The van der Waals surface area contributed by atoms with Gasteiger partial charge in [-0.1, -0.05) is 42.9 Å². The summed E-state index contributed by atoms with van der Waals surface area (Å²) in [5.41, 5.74) is 4.82. The Morgan fingerprint density at radius 2 is 1.86 bits per heavy atom. The maximum Gasteiger partial charge on any atom is 0.301 e. The minimum absolute atomic E-state index is 0.0485. The van der Waals surface area contributed by atoms with Crippen LogP contribution in [0, 0.1) is 20.8 Å². The molecule has 0 bridgehead atoms. The van der Waals surface area contributed by atoms with E-state index >= 15 is 0 Å². The number of aliphatic hydroxyl groups is 1. The fraction of sp³-hybridized carbons (Fsp3) is 0.273. The van der Waals surface area contributed by atoms with Gasteiger partial charge in [-0.25, -0.2) is 9.97 Å². The number of carbonyl (C=O) groups excluding carboxylic acids is 2. The normalized spacial score (nSPS) is 16.5. The number of fused-ring (bicyclic) bond motifs is 2. The molecule has 1 atom stereocenters. The summed E-state index contributed by atoms with van der Waals surface area (Å²) in [7, 11) is 1.54. The molecular weight excluding hydrogens is 564 g/mol. The van der Waals surface area contributed by atoms with Gasteiger partial charge >= 0.3 is 5.91 Å². The van der Waals surface area contributed by atoms with Crippen molar-refractivity contribution in [2.75, 3.05) is 18.6 Å². The van der Waals surface area contributed by atoms with Gasteiger partial charge in [0.2, 0.25) is 0 Å². The third-order valence-corrected chi connectivity index (χ3v) is 8.66. The van der Waals surface area contributed by atoms with Crippen LogP contribution < -0.4 is 14.4 Å². The molecule has 4 heterocycles. The van der Waals surface area contributed by atoms with Crippen LogP contribution in [-0.4, -0.2) is 44.9 Å². The van der Waals surface area contributed by atoms with Crippen molar-refractivity contribution in [3.63, 3.8) is 0 Å². The number of aromatic nitrogens is 3. The second kappa shape index (κ2) is 11.2. The quantitative estimate of drug-likeness (QED) is 0.0921. The number of carbonyl (C=O) groups is 2. The smallest absolute Gasteiger partial charge is 0.301 e. The molecule has 1 fully saturated rings. The van der Waals surface area contributed by atoms with E-state index in [1.54, 1.807) is 42.8 Å². The van der Waals surface area contributed by atoms with Crippen molar-refractivity contribution in [1.82, 2.24) is 14.4 Å². The lowest BCUT2D eigenvalue weighted by atomic mass is 9.96. The van der Waals surface area contributed by atoms with Crippen molar-refractivity contribution in [1.29, 1.82) is 0 Å². The van der Waals surface area contributed by atoms with Gasteiger partial charge in [-0.15, -0.1) is 0 Å². The molecule has 0 radical (unpaired) electrons. The van der Waals surface area contributed by atoms with Gasteiger partial charge in [0.05, 0.1) is 41.2 Å². The van der Waals surface area contributed by atoms with Gasteiger partial charge in [-0.3, -0.25) is 18.9 Å². The molecular formula is C33H32N4O5S. The van der Waals surface area contributed by atoms with Gasteiger partial charge in [0.15, 0.2) is 22.4 Å². The summed E-state index contributed by atoms with van der Waals surface area (Å²) < 4.78 is 14.2. The van der Waals surface area contributed by atoms with Gasteiger partial charge in [0.1, 0.15) is 11.3 Å². The first-order valence-corrected chi connectivity index (χ1v) is 15.0. The van der Waals surface area contributed by atoms with Crippen LogP contribution in [0.3, 0.4) is 0 Å². The molecule has 220 valence electrons. The maximum absolute atomic E-state index is 13.9. The predicted molar refractivity (Wildman–Crippen MR) is 167 cm³/mol. The predicted octanol–water partition coefficient (Wildman–Crippen LogP) is 6.68. The Balaban J connectivity index is 1.58. The average molecular weight is 597 g/mol. The van der Waals surface area contributed by atoms with Crippen LogP contribution in [0.15, 0.2) is 60.3 Å². The van der Waals surface area contributed by atoms with Crippen molar-refractivity contribution in [2.45, 2.75) is 46.6 Å². The monoisotopic (exact) mass is 596 g/mol. The molecule has 1 aliphatic heterocycles. The summed E-state index contributed by atoms with van der Waals surface area (Å²) >= 11 is 1.33. The molecule has 0 aliphatic carbocycles. The van der Waals surface area contributed by atoms with Crippen LogP contribution >= 0.6 is 11.3 Å². The standard InChI is InChI=1S/C33H32N4O5S/c1-6-7-14-42-22-12-11-21(17-23(22)41-5)29-26(30(38)28-20(4)34-25-10-8-9-13-36(25)28)31(39)32(40)37(29)33-35-27-19(3)15-18(2)16-24(27)43-33/h8-13,15-17,29,38H,6-7,14H2,1-5H3/b30-26+. The van der Waals surface area contributed by atoms with Crippen LogP contribution in [0.1, 0.15) is 53.9 Å². The largest absolute Gasteiger partial charge is 0.505 e. The highest BCUT2D eigenvalue weighted by Crippen LogP contribution is 2.46. The molecule has 1 amide bonds. The van der Waals surface area contributed by atoms with Crippen molar-refractivity contribution < 1.29 is 24.2 Å². The number of thiazole rings is 1. The molecule has 1 aliphatic rings. The van der Waals surface area contributed by atoms with Crippen molar-refractivity contribution in [2.24, 2.45) is 0 Å². The van der Waals surface area contributed by atoms with Crippen LogP contribution in [0.25, 0.3) is 21.6 Å². The van der Waals surface area contributed by atoms with Crippen LogP contribution in [0.5, 0.6) is 11.5 Å². The molecule has 43 heavy (non-hydrogen) atoms. The second-order valence-corrected chi connectivity index (χ2v) is 11.7. The third-order valence-electron chi connectivity index (χ3n) is 7.66. The Morgan fingerprint density at radius 1 is 1.05 bits per heavy atom. The summed E-state index contributed by atoms with van der Waals surface area (Å²) in [5, 5.41) is 12.2. The molecule has 0 spiro atoms. The molecule has 10 heteroatoms. The Hall–Kier alpha value is -4.70. The van der Waals surface area contributed by atoms with Crippen molar-refractivity contribution in [3.8, 4) is 11.5 Å². The first-order chi connectivity index (χ1) is 20.7. The molecule has 1 N–H and O–H groups in total. The highest BCUT2D eigenvalue weighted by molar-refractivity contribution is 7.22. The molecule has 3 aromatic heterocycles. The number of aliphatic hydroxyl groups excluding tert-OH is 1. The summed E-state index contributed by atoms with van der Waals surface area (Å²) in [6.45, 7) is 8.36.